The Morgan fingerprint density at radius 2 is 2.23 bits per heavy atom. The summed E-state index contributed by atoms with van der Waals surface area (Å²) < 4.78 is 2.87. The molecule has 2 aromatic rings. The molecule has 3 N–H and O–H groups in total. The van der Waals surface area contributed by atoms with E-state index in [0.29, 0.717) is 17.5 Å². The molecule has 0 aliphatic carbocycles. The molecule has 120 valence electrons. The van der Waals surface area contributed by atoms with Crippen LogP contribution < -0.4 is 16.6 Å². The van der Waals surface area contributed by atoms with Gasteiger partial charge in [-0.2, -0.15) is 4.98 Å². The van der Waals surface area contributed by atoms with Gasteiger partial charge >= 0.3 is 5.69 Å². The summed E-state index contributed by atoms with van der Waals surface area (Å²) in [7, 11) is 1.53. The first-order valence-electron chi connectivity index (χ1n) is 6.75. The SMILES string of the molecule is C/C(Cl)=C/Cn1c(NCC(C)O)nc2c1c(=O)[nH]c(=O)n2C. The number of aromatic nitrogens is 4. The van der Waals surface area contributed by atoms with Crippen molar-refractivity contribution in [1.82, 2.24) is 19.1 Å². The van der Waals surface area contributed by atoms with E-state index in [1.807, 2.05) is 0 Å². The highest BCUT2D eigenvalue weighted by molar-refractivity contribution is 6.29. The number of halogens is 1. The number of hydrogen-bond acceptors (Lipinski definition) is 5. The number of nitrogens with one attached hydrogen (secondary N) is 2. The van der Waals surface area contributed by atoms with Crippen LogP contribution in [0.2, 0.25) is 0 Å². The molecule has 0 radical (unpaired) electrons. The number of rotatable bonds is 5. The lowest BCUT2D eigenvalue weighted by atomic mass is 10.4. The number of imidazole rings is 1. The molecule has 1 unspecified atom stereocenters. The zero-order valence-corrected chi connectivity index (χ0v) is 13.3. The average molecular weight is 328 g/mol. The van der Waals surface area contributed by atoms with Crippen molar-refractivity contribution in [3.8, 4) is 0 Å². The maximum absolute atomic E-state index is 12.1. The van der Waals surface area contributed by atoms with Gasteiger partial charge in [0.15, 0.2) is 11.2 Å². The van der Waals surface area contributed by atoms with Crippen LogP contribution in [-0.2, 0) is 13.6 Å². The summed E-state index contributed by atoms with van der Waals surface area (Å²) >= 11 is 5.85. The molecule has 9 heteroatoms. The summed E-state index contributed by atoms with van der Waals surface area (Å²) in [6.45, 7) is 3.93. The van der Waals surface area contributed by atoms with Gasteiger partial charge in [0.25, 0.3) is 5.56 Å². The number of aromatic amines is 1. The highest BCUT2D eigenvalue weighted by atomic mass is 35.5. The van der Waals surface area contributed by atoms with Crippen molar-refractivity contribution in [1.29, 1.82) is 0 Å². The molecule has 0 spiro atoms. The van der Waals surface area contributed by atoms with Gasteiger partial charge in [-0.05, 0) is 13.8 Å². The smallest absolute Gasteiger partial charge is 0.329 e. The Bertz CT molecular complexity index is 827. The van der Waals surface area contributed by atoms with Gasteiger partial charge < -0.3 is 15.0 Å². The van der Waals surface area contributed by atoms with E-state index in [1.54, 1.807) is 24.5 Å². The molecule has 8 nitrogen and oxygen atoms in total. The number of aliphatic hydroxyl groups excluding tert-OH is 1. The molecule has 0 aromatic carbocycles. The van der Waals surface area contributed by atoms with Crippen LogP contribution in [0, 0.1) is 0 Å². The first-order valence-corrected chi connectivity index (χ1v) is 7.12. The molecule has 2 heterocycles. The van der Waals surface area contributed by atoms with Gasteiger partial charge in [-0.15, -0.1) is 0 Å². The minimum absolute atomic E-state index is 0.263. The Balaban J connectivity index is 2.66. The van der Waals surface area contributed by atoms with Crippen molar-refractivity contribution in [2.75, 3.05) is 11.9 Å². The normalized spacial score (nSPS) is 13.6. The van der Waals surface area contributed by atoms with E-state index in [1.165, 1.54) is 11.6 Å². The van der Waals surface area contributed by atoms with Gasteiger partial charge in [0.05, 0.1) is 6.10 Å². The van der Waals surface area contributed by atoms with Crippen molar-refractivity contribution in [3.63, 3.8) is 0 Å². The molecule has 22 heavy (non-hydrogen) atoms. The first-order chi connectivity index (χ1) is 10.3. The van der Waals surface area contributed by atoms with Crippen molar-refractivity contribution in [2.45, 2.75) is 26.5 Å². The summed E-state index contributed by atoms with van der Waals surface area (Å²) in [5, 5.41) is 12.9. The summed E-state index contributed by atoms with van der Waals surface area (Å²) in [6.07, 6.45) is 1.14. The summed E-state index contributed by atoms with van der Waals surface area (Å²) in [6, 6.07) is 0. The number of fused-ring (bicyclic) bond motifs is 1. The van der Waals surface area contributed by atoms with Gasteiger partial charge in [-0.25, -0.2) is 4.79 Å². The molecule has 0 bridgehead atoms. The molecule has 0 saturated heterocycles. The van der Waals surface area contributed by atoms with E-state index < -0.39 is 17.4 Å². The van der Waals surface area contributed by atoms with Crippen molar-refractivity contribution < 1.29 is 5.11 Å². The van der Waals surface area contributed by atoms with Gasteiger partial charge in [0, 0.05) is 25.2 Å². The zero-order valence-electron chi connectivity index (χ0n) is 12.6. The van der Waals surface area contributed by atoms with Crippen molar-refractivity contribution in [2.24, 2.45) is 7.05 Å². The van der Waals surface area contributed by atoms with E-state index in [9.17, 15) is 14.7 Å². The lowest BCUT2D eigenvalue weighted by molar-refractivity contribution is 0.208. The zero-order chi connectivity index (χ0) is 16.4. The summed E-state index contributed by atoms with van der Waals surface area (Å²) in [5.74, 6) is 0.386. The molecular weight excluding hydrogens is 310 g/mol. The lowest BCUT2D eigenvalue weighted by Crippen LogP contribution is -2.29. The molecule has 0 aliphatic rings. The summed E-state index contributed by atoms with van der Waals surface area (Å²) in [5.41, 5.74) is -0.517. The maximum atomic E-state index is 12.1. The fourth-order valence-electron chi connectivity index (χ4n) is 2.00. The molecule has 0 saturated carbocycles. The molecular formula is C13H18ClN5O3. The molecule has 2 rings (SSSR count). The van der Waals surface area contributed by atoms with E-state index >= 15 is 0 Å². The van der Waals surface area contributed by atoms with Crippen LogP contribution in [0.1, 0.15) is 13.8 Å². The van der Waals surface area contributed by atoms with Crippen LogP contribution in [0.25, 0.3) is 11.2 Å². The van der Waals surface area contributed by atoms with Crippen LogP contribution in [0.5, 0.6) is 0 Å². The van der Waals surface area contributed by atoms with Crippen LogP contribution in [-0.4, -0.2) is 36.9 Å². The highest BCUT2D eigenvalue weighted by Crippen LogP contribution is 2.16. The standard InChI is InChI=1S/C13H18ClN5O3/c1-7(14)4-5-19-9-10(16-12(19)15-6-8(2)20)18(3)13(22)17-11(9)21/h4,8,20H,5-6H2,1-3H3,(H,15,16)(H,17,21,22)/b7-4-. The minimum Gasteiger partial charge on any atom is -0.392 e. The molecule has 0 aliphatic heterocycles. The largest absolute Gasteiger partial charge is 0.392 e. The Labute approximate surface area is 131 Å². The predicted octanol–water partition coefficient (Wildman–Crippen LogP) is 0.359. The molecule has 0 amide bonds. The number of anilines is 1. The van der Waals surface area contributed by atoms with Crippen molar-refractivity contribution in [3.05, 3.63) is 31.9 Å². The van der Waals surface area contributed by atoms with Crippen LogP contribution in [0.3, 0.4) is 0 Å². The highest BCUT2D eigenvalue weighted by Gasteiger charge is 2.16. The van der Waals surface area contributed by atoms with Crippen LogP contribution in [0.15, 0.2) is 20.7 Å². The Kier molecular flexibility index (Phi) is 4.72. The number of nitrogens with zero attached hydrogens (tertiary/aromatic N) is 3. The van der Waals surface area contributed by atoms with E-state index in [0.717, 1.165) is 0 Å². The Hall–Kier alpha value is -2.06. The Morgan fingerprint density at radius 3 is 2.82 bits per heavy atom. The second-order valence-corrected chi connectivity index (χ2v) is 5.65. The fourth-order valence-corrected chi connectivity index (χ4v) is 2.07. The third kappa shape index (κ3) is 3.23. The number of H-pyrrole nitrogens is 1. The van der Waals surface area contributed by atoms with Crippen LogP contribution in [0.4, 0.5) is 5.95 Å². The minimum atomic E-state index is -0.583. The molecule has 1 atom stereocenters. The van der Waals surface area contributed by atoms with Crippen molar-refractivity contribution >= 4 is 28.7 Å². The predicted molar refractivity (Wildman–Crippen MR) is 85.4 cm³/mol. The van der Waals surface area contributed by atoms with E-state index in [-0.39, 0.29) is 17.7 Å². The van der Waals surface area contributed by atoms with Gasteiger partial charge in [-0.3, -0.25) is 14.3 Å². The van der Waals surface area contributed by atoms with E-state index in [4.69, 9.17) is 11.6 Å². The van der Waals surface area contributed by atoms with Gasteiger partial charge in [0.2, 0.25) is 5.95 Å². The summed E-state index contributed by atoms with van der Waals surface area (Å²) in [4.78, 5) is 30.3. The number of aliphatic hydroxyl groups is 1. The molecule has 2 aromatic heterocycles. The van der Waals surface area contributed by atoms with Crippen LogP contribution >= 0.6 is 11.6 Å². The number of allylic oxidation sites excluding steroid dienone is 2. The monoisotopic (exact) mass is 327 g/mol. The van der Waals surface area contributed by atoms with Gasteiger partial charge in [-0.1, -0.05) is 17.7 Å². The fraction of sp³-hybridized carbons (Fsp3) is 0.462. The third-order valence-electron chi connectivity index (χ3n) is 3.12. The second kappa shape index (κ2) is 6.37. The van der Waals surface area contributed by atoms with Gasteiger partial charge in [0.1, 0.15) is 0 Å². The topological polar surface area (TPSA) is 105 Å². The molecule has 0 fully saturated rings. The first kappa shape index (κ1) is 16.3. The number of aryl methyl sites for hydroxylation is 1. The lowest BCUT2D eigenvalue weighted by Gasteiger charge is -2.09. The maximum Gasteiger partial charge on any atom is 0.329 e. The number of hydrogen-bond donors (Lipinski definition) is 3. The second-order valence-electron chi connectivity index (χ2n) is 5.06. The van der Waals surface area contributed by atoms with E-state index in [2.05, 4.69) is 15.3 Å². The average Bonchev–Trinajstić information content (AvgIpc) is 2.79. The quantitative estimate of drug-likeness (QED) is 0.735. The third-order valence-corrected chi connectivity index (χ3v) is 3.27. The Morgan fingerprint density at radius 1 is 1.55 bits per heavy atom.